The van der Waals surface area contributed by atoms with Gasteiger partial charge < -0.3 is 10.2 Å². The monoisotopic (exact) mass is 473 g/mol. The first kappa shape index (κ1) is 24.6. The van der Waals surface area contributed by atoms with E-state index in [2.05, 4.69) is 44.9 Å². The van der Waals surface area contributed by atoms with E-state index in [1.165, 1.54) is 5.56 Å². The average Bonchev–Trinajstić information content (AvgIpc) is 3.19. The van der Waals surface area contributed by atoms with Gasteiger partial charge in [0.2, 0.25) is 0 Å². The lowest BCUT2D eigenvalue weighted by Crippen LogP contribution is -2.37. The summed E-state index contributed by atoms with van der Waals surface area (Å²) in [5, 5.41) is 7.67. The highest BCUT2D eigenvalue weighted by molar-refractivity contribution is 5.96. The highest BCUT2D eigenvalue weighted by Crippen LogP contribution is 2.26. The minimum Gasteiger partial charge on any atom is -0.346 e. The molecule has 1 aromatic carbocycles. The maximum atomic E-state index is 13.3. The van der Waals surface area contributed by atoms with Gasteiger partial charge in [0.15, 0.2) is 5.69 Å². The molecule has 4 rings (SSSR count). The molecular formula is C28H35N5O2. The van der Waals surface area contributed by atoms with Crippen LogP contribution in [0.2, 0.25) is 0 Å². The lowest BCUT2D eigenvalue weighted by molar-refractivity contribution is 0.0730. The molecule has 7 heteroatoms. The lowest BCUT2D eigenvalue weighted by atomic mass is 9.86. The van der Waals surface area contributed by atoms with Gasteiger partial charge in [0.25, 0.3) is 11.8 Å². The van der Waals surface area contributed by atoms with E-state index in [4.69, 9.17) is 5.10 Å². The molecule has 7 nitrogen and oxygen atoms in total. The smallest absolute Gasteiger partial charge is 0.272 e. The molecule has 0 atom stereocenters. The summed E-state index contributed by atoms with van der Waals surface area (Å²) in [4.78, 5) is 32.4. The fourth-order valence-electron chi connectivity index (χ4n) is 4.41. The summed E-state index contributed by atoms with van der Waals surface area (Å²) in [5.41, 5.74) is 5.12. The van der Waals surface area contributed by atoms with Crippen molar-refractivity contribution in [3.8, 4) is 0 Å². The van der Waals surface area contributed by atoms with Crippen molar-refractivity contribution in [1.82, 2.24) is 25.0 Å². The Morgan fingerprint density at radius 2 is 1.86 bits per heavy atom. The van der Waals surface area contributed by atoms with Crippen LogP contribution in [0.4, 0.5) is 0 Å². The summed E-state index contributed by atoms with van der Waals surface area (Å²) in [6, 6.07) is 11.6. The van der Waals surface area contributed by atoms with Crippen LogP contribution >= 0.6 is 0 Å². The number of pyridine rings is 1. The van der Waals surface area contributed by atoms with E-state index in [0.717, 1.165) is 23.4 Å². The van der Waals surface area contributed by atoms with Crippen molar-refractivity contribution in [1.29, 1.82) is 0 Å². The van der Waals surface area contributed by atoms with Crippen molar-refractivity contribution in [2.75, 3.05) is 6.54 Å². The average molecular weight is 474 g/mol. The molecular weight excluding hydrogens is 438 g/mol. The van der Waals surface area contributed by atoms with Crippen LogP contribution in [0, 0.1) is 5.92 Å². The number of rotatable bonds is 6. The number of fused-ring (bicyclic) bond motifs is 1. The van der Waals surface area contributed by atoms with Crippen molar-refractivity contribution < 1.29 is 9.59 Å². The molecule has 1 aliphatic heterocycles. The molecule has 2 amide bonds. The lowest BCUT2D eigenvalue weighted by Gasteiger charge is -2.28. The van der Waals surface area contributed by atoms with Crippen LogP contribution in [0.25, 0.3) is 0 Å². The fourth-order valence-corrected chi connectivity index (χ4v) is 4.41. The van der Waals surface area contributed by atoms with Gasteiger partial charge in [-0.25, -0.2) is 0 Å². The largest absolute Gasteiger partial charge is 0.346 e. The second-order valence-electron chi connectivity index (χ2n) is 10.7. The summed E-state index contributed by atoms with van der Waals surface area (Å²) in [7, 11) is 0. The topological polar surface area (TPSA) is 80.1 Å². The predicted octanol–water partition coefficient (Wildman–Crippen LogP) is 4.36. The molecule has 0 saturated carbocycles. The molecule has 0 fully saturated rings. The van der Waals surface area contributed by atoms with E-state index >= 15 is 0 Å². The standard InChI is InChI=1S/C28H35N5O2/c1-19(2)17-33-24-12-14-32(27(35)21-8-10-22(11-9-21)28(3,4)5)18-23(24)25(31-33)26(34)30-16-20-7-6-13-29-15-20/h6-11,13,15,19H,12,14,16-18H2,1-5H3,(H,30,34). The number of hydrogen-bond acceptors (Lipinski definition) is 4. The highest BCUT2D eigenvalue weighted by Gasteiger charge is 2.30. The Balaban J connectivity index is 1.56. The summed E-state index contributed by atoms with van der Waals surface area (Å²) in [5.74, 6) is 0.150. The van der Waals surface area contributed by atoms with Crippen LogP contribution in [0.1, 0.15) is 77.8 Å². The van der Waals surface area contributed by atoms with E-state index in [0.29, 0.717) is 43.2 Å². The Bertz CT molecular complexity index is 1190. The first-order valence-corrected chi connectivity index (χ1v) is 12.3. The number of aromatic nitrogens is 3. The van der Waals surface area contributed by atoms with Gasteiger partial charge in [-0.1, -0.05) is 52.8 Å². The van der Waals surface area contributed by atoms with Crippen molar-refractivity contribution in [3.63, 3.8) is 0 Å². The zero-order valence-corrected chi connectivity index (χ0v) is 21.3. The van der Waals surface area contributed by atoms with Gasteiger partial charge >= 0.3 is 0 Å². The molecule has 2 aromatic heterocycles. The molecule has 0 saturated heterocycles. The first-order valence-electron chi connectivity index (χ1n) is 12.3. The first-order chi connectivity index (χ1) is 16.6. The number of amides is 2. The maximum absolute atomic E-state index is 13.3. The Hall–Kier alpha value is -3.48. The van der Waals surface area contributed by atoms with Crippen molar-refractivity contribution in [2.45, 2.75) is 66.1 Å². The maximum Gasteiger partial charge on any atom is 0.272 e. The van der Waals surface area contributed by atoms with Crippen LogP contribution in [0.3, 0.4) is 0 Å². The zero-order chi connectivity index (χ0) is 25.2. The quantitative estimate of drug-likeness (QED) is 0.577. The normalized spacial score (nSPS) is 13.6. The molecule has 0 aliphatic carbocycles. The van der Waals surface area contributed by atoms with E-state index in [9.17, 15) is 9.59 Å². The molecule has 0 radical (unpaired) electrons. The zero-order valence-electron chi connectivity index (χ0n) is 21.3. The third-order valence-electron chi connectivity index (χ3n) is 6.35. The molecule has 0 spiro atoms. The number of nitrogens with zero attached hydrogens (tertiary/aromatic N) is 4. The van der Waals surface area contributed by atoms with Gasteiger partial charge in [0, 0.05) is 55.3 Å². The SMILES string of the molecule is CC(C)Cn1nc(C(=O)NCc2cccnc2)c2c1CCN(C(=O)c1ccc(C(C)(C)C)cc1)C2. The van der Waals surface area contributed by atoms with E-state index in [-0.39, 0.29) is 17.2 Å². The van der Waals surface area contributed by atoms with Gasteiger partial charge in [-0.2, -0.15) is 5.10 Å². The number of carbonyl (C=O) groups excluding carboxylic acids is 2. The molecule has 3 aromatic rings. The summed E-state index contributed by atoms with van der Waals surface area (Å²) < 4.78 is 1.96. The Morgan fingerprint density at radius 1 is 1.11 bits per heavy atom. The third kappa shape index (κ3) is 5.61. The minimum absolute atomic E-state index is 0.0190. The van der Waals surface area contributed by atoms with E-state index in [1.807, 2.05) is 46.0 Å². The Kier molecular flexibility index (Phi) is 7.05. The fraction of sp³-hybridized carbons (Fsp3) is 0.429. The van der Waals surface area contributed by atoms with Crippen LogP contribution in [-0.4, -0.2) is 38.0 Å². The van der Waals surface area contributed by atoms with Crippen LogP contribution in [-0.2, 0) is 31.5 Å². The van der Waals surface area contributed by atoms with Crippen molar-refractivity contribution >= 4 is 11.8 Å². The van der Waals surface area contributed by atoms with Gasteiger partial charge in [-0.05, 0) is 40.7 Å². The highest BCUT2D eigenvalue weighted by atomic mass is 16.2. The van der Waals surface area contributed by atoms with Gasteiger partial charge in [0.1, 0.15) is 0 Å². The third-order valence-corrected chi connectivity index (χ3v) is 6.35. The second kappa shape index (κ2) is 10.0. The van der Waals surface area contributed by atoms with Crippen molar-refractivity contribution in [2.24, 2.45) is 5.92 Å². The van der Waals surface area contributed by atoms with Crippen LogP contribution in [0.5, 0.6) is 0 Å². The van der Waals surface area contributed by atoms with Gasteiger partial charge in [-0.15, -0.1) is 0 Å². The summed E-state index contributed by atoms with van der Waals surface area (Å²) >= 11 is 0. The summed E-state index contributed by atoms with van der Waals surface area (Å²) in [6.45, 7) is 12.8. The number of hydrogen-bond donors (Lipinski definition) is 1. The van der Waals surface area contributed by atoms with E-state index < -0.39 is 0 Å². The number of benzene rings is 1. The number of nitrogens with one attached hydrogen (secondary N) is 1. The number of carbonyl (C=O) groups is 2. The minimum atomic E-state index is -0.226. The molecule has 1 N–H and O–H groups in total. The van der Waals surface area contributed by atoms with Crippen LogP contribution < -0.4 is 5.32 Å². The molecule has 0 bridgehead atoms. The molecule has 35 heavy (non-hydrogen) atoms. The Labute approximate surface area is 207 Å². The van der Waals surface area contributed by atoms with Crippen LogP contribution in [0.15, 0.2) is 48.8 Å². The second-order valence-corrected chi connectivity index (χ2v) is 10.7. The Morgan fingerprint density at radius 3 is 2.49 bits per heavy atom. The molecule has 3 heterocycles. The van der Waals surface area contributed by atoms with Gasteiger partial charge in [-0.3, -0.25) is 19.3 Å². The molecule has 0 unspecified atom stereocenters. The molecule has 184 valence electrons. The molecule has 1 aliphatic rings. The van der Waals surface area contributed by atoms with Gasteiger partial charge in [0.05, 0.1) is 6.54 Å². The van der Waals surface area contributed by atoms with E-state index in [1.54, 1.807) is 12.4 Å². The predicted molar refractivity (Wildman–Crippen MR) is 136 cm³/mol. The van der Waals surface area contributed by atoms with Crippen molar-refractivity contribution in [3.05, 3.63) is 82.4 Å². The summed E-state index contributed by atoms with van der Waals surface area (Å²) in [6.07, 6.45) is 4.12.